The number of benzene rings is 2. The molecular weight excluding hydrogens is 488 g/mol. The molecule has 10 nitrogen and oxygen atoms in total. The standard InChI is InChI=1S/C28H36N4O6/c1-2-37-24-8-4-22(5-9-24)30-26(33)20-38-25-10-6-23(7-11-25)32-19-21(18-27(32)34)28(35)29-12-3-13-31-14-16-36-17-15-31/h4-11,21H,2-3,12-20H2,1H3,(H,29,35)(H,30,33)/t21-/m0/s1. The van der Waals surface area contributed by atoms with Crippen LogP contribution in [0.4, 0.5) is 11.4 Å². The molecule has 0 saturated carbocycles. The zero-order valence-electron chi connectivity index (χ0n) is 21.8. The summed E-state index contributed by atoms with van der Waals surface area (Å²) in [7, 11) is 0. The van der Waals surface area contributed by atoms with Gasteiger partial charge in [0.05, 0.1) is 25.7 Å². The summed E-state index contributed by atoms with van der Waals surface area (Å²) in [5.74, 6) is 0.435. The van der Waals surface area contributed by atoms with Gasteiger partial charge in [0.2, 0.25) is 11.8 Å². The van der Waals surface area contributed by atoms with E-state index in [1.165, 1.54) is 0 Å². The predicted octanol–water partition coefficient (Wildman–Crippen LogP) is 2.29. The molecular formula is C28H36N4O6. The molecule has 1 atom stereocenters. The summed E-state index contributed by atoms with van der Waals surface area (Å²) in [6, 6.07) is 14.1. The molecule has 2 saturated heterocycles. The fraction of sp³-hybridized carbons (Fsp3) is 0.464. The minimum Gasteiger partial charge on any atom is -0.494 e. The van der Waals surface area contributed by atoms with E-state index in [2.05, 4.69) is 15.5 Å². The Morgan fingerprint density at radius 2 is 1.68 bits per heavy atom. The van der Waals surface area contributed by atoms with E-state index in [0.717, 1.165) is 45.0 Å². The highest BCUT2D eigenvalue weighted by molar-refractivity contribution is 6.00. The topological polar surface area (TPSA) is 109 Å². The Bertz CT molecular complexity index is 1070. The van der Waals surface area contributed by atoms with Crippen LogP contribution in [0.1, 0.15) is 19.8 Å². The normalized spacial score (nSPS) is 17.8. The van der Waals surface area contributed by atoms with Crippen LogP contribution in [0.25, 0.3) is 0 Å². The fourth-order valence-corrected chi connectivity index (χ4v) is 4.49. The number of hydrogen-bond acceptors (Lipinski definition) is 7. The first-order valence-corrected chi connectivity index (χ1v) is 13.2. The first kappa shape index (κ1) is 27.4. The van der Waals surface area contributed by atoms with Crippen molar-refractivity contribution < 1.29 is 28.6 Å². The molecule has 0 bridgehead atoms. The Balaban J connectivity index is 1.18. The Labute approximate surface area is 223 Å². The maximum atomic E-state index is 12.6. The molecule has 2 N–H and O–H groups in total. The molecule has 3 amide bonds. The quantitative estimate of drug-likeness (QED) is 0.410. The lowest BCUT2D eigenvalue weighted by molar-refractivity contribution is -0.126. The molecule has 2 aliphatic heterocycles. The summed E-state index contributed by atoms with van der Waals surface area (Å²) < 4.78 is 16.3. The number of nitrogens with zero attached hydrogens (tertiary/aromatic N) is 2. The molecule has 4 rings (SSSR count). The molecule has 38 heavy (non-hydrogen) atoms. The lowest BCUT2D eigenvalue weighted by Gasteiger charge is -2.26. The van der Waals surface area contributed by atoms with Gasteiger partial charge in [0.25, 0.3) is 5.91 Å². The summed E-state index contributed by atoms with van der Waals surface area (Å²) in [6.07, 6.45) is 1.06. The second kappa shape index (κ2) is 13.8. The van der Waals surface area contributed by atoms with Crippen LogP contribution in [0.15, 0.2) is 48.5 Å². The van der Waals surface area contributed by atoms with Gasteiger partial charge in [0.1, 0.15) is 11.5 Å². The number of morpholine rings is 1. The van der Waals surface area contributed by atoms with Crippen molar-refractivity contribution in [3.05, 3.63) is 48.5 Å². The molecule has 2 aliphatic rings. The fourth-order valence-electron chi connectivity index (χ4n) is 4.49. The monoisotopic (exact) mass is 524 g/mol. The lowest BCUT2D eigenvalue weighted by Crippen LogP contribution is -2.39. The second-order valence-electron chi connectivity index (χ2n) is 9.29. The van der Waals surface area contributed by atoms with Gasteiger partial charge in [-0.05, 0) is 68.4 Å². The Kier molecular flexibility index (Phi) is 9.94. The third-order valence-electron chi connectivity index (χ3n) is 6.52. The molecule has 0 unspecified atom stereocenters. The number of hydrogen-bond donors (Lipinski definition) is 2. The van der Waals surface area contributed by atoms with Gasteiger partial charge in [0, 0.05) is 44.0 Å². The molecule has 2 fully saturated rings. The zero-order valence-corrected chi connectivity index (χ0v) is 21.8. The van der Waals surface area contributed by atoms with Crippen LogP contribution in [0.3, 0.4) is 0 Å². The third kappa shape index (κ3) is 7.93. The van der Waals surface area contributed by atoms with Gasteiger partial charge in [-0.3, -0.25) is 19.3 Å². The maximum absolute atomic E-state index is 12.6. The molecule has 2 aromatic carbocycles. The van der Waals surface area contributed by atoms with Crippen molar-refractivity contribution in [2.45, 2.75) is 19.8 Å². The number of amides is 3. The molecule has 0 radical (unpaired) electrons. The number of ether oxygens (including phenoxy) is 3. The molecule has 204 valence electrons. The molecule has 10 heteroatoms. The number of anilines is 2. The van der Waals surface area contributed by atoms with Crippen molar-refractivity contribution in [3.8, 4) is 11.5 Å². The molecule has 0 spiro atoms. The Hall–Kier alpha value is -3.63. The van der Waals surface area contributed by atoms with Crippen LogP contribution < -0.4 is 25.0 Å². The van der Waals surface area contributed by atoms with E-state index in [0.29, 0.717) is 36.8 Å². The second-order valence-corrected chi connectivity index (χ2v) is 9.29. The van der Waals surface area contributed by atoms with Crippen LogP contribution >= 0.6 is 0 Å². The summed E-state index contributed by atoms with van der Waals surface area (Å²) >= 11 is 0. The summed E-state index contributed by atoms with van der Waals surface area (Å²) in [5, 5.41) is 5.75. The van der Waals surface area contributed by atoms with Gasteiger partial charge < -0.3 is 29.7 Å². The Morgan fingerprint density at radius 3 is 2.39 bits per heavy atom. The van der Waals surface area contributed by atoms with Crippen LogP contribution in [0.2, 0.25) is 0 Å². The maximum Gasteiger partial charge on any atom is 0.262 e. The van der Waals surface area contributed by atoms with E-state index >= 15 is 0 Å². The van der Waals surface area contributed by atoms with E-state index < -0.39 is 0 Å². The average Bonchev–Trinajstić information content (AvgIpc) is 3.33. The van der Waals surface area contributed by atoms with Gasteiger partial charge in [-0.25, -0.2) is 0 Å². The number of rotatable bonds is 12. The highest BCUT2D eigenvalue weighted by Crippen LogP contribution is 2.27. The van der Waals surface area contributed by atoms with Gasteiger partial charge >= 0.3 is 0 Å². The van der Waals surface area contributed by atoms with Gasteiger partial charge in [0.15, 0.2) is 6.61 Å². The Morgan fingerprint density at radius 1 is 1.00 bits per heavy atom. The molecule has 0 aromatic heterocycles. The van der Waals surface area contributed by atoms with Crippen molar-refractivity contribution in [2.24, 2.45) is 5.92 Å². The van der Waals surface area contributed by atoms with Crippen LogP contribution in [-0.4, -0.2) is 81.8 Å². The third-order valence-corrected chi connectivity index (χ3v) is 6.52. The first-order valence-electron chi connectivity index (χ1n) is 13.2. The highest BCUT2D eigenvalue weighted by atomic mass is 16.5. The average molecular weight is 525 g/mol. The summed E-state index contributed by atoms with van der Waals surface area (Å²) in [4.78, 5) is 41.4. The minimum atomic E-state index is -0.367. The molecule has 2 heterocycles. The van der Waals surface area contributed by atoms with E-state index in [9.17, 15) is 14.4 Å². The van der Waals surface area contributed by atoms with Crippen molar-refractivity contribution in [1.29, 1.82) is 0 Å². The van der Waals surface area contributed by atoms with Crippen molar-refractivity contribution >= 4 is 29.1 Å². The van der Waals surface area contributed by atoms with E-state index in [4.69, 9.17) is 14.2 Å². The van der Waals surface area contributed by atoms with Crippen molar-refractivity contribution in [3.63, 3.8) is 0 Å². The van der Waals surface area contributed by atoms with E-state index in [1.54, 1.807) is 53.4 Å². The minimum absolute atomic E-state index is 0.0816. The van der Waals surface area contributed by atoms with Gasteiger partial charge in [-0.15, -0.1) is 0 Å². The van der Waals surface area contributed by atoms with Gasteiger partial charge in [-0.2, -0.15) is 0 Å². The van der Waals surface area contributed by atoms with Crippen molar-refractivity contribution in [2.75, 3.05) is 69.4 Å². The number of nitrogens with one attached hydrogen (secondary N) is 2. The molecule has 2 aromatic rings. The zero-order chi connectivity index (χ0) is 26.7. The number of carbonyl (C=O) groups excluding carboxylic acids is 3. The predicted molar refractivity (Wildman–Crippen MR) is 144 cm³/mol. The van der Waals surface area contributed by atoms with Crippen LogP contribution in [0, 0.1) is 5.92 Å². The van der Waals surface area contributed by atoms with Crippen LogP contribution in [-0.2, 0) is 19.1 Å². The largest absolute Gasteiger partial charge is 0.494 e. The SMILES string of the molecule is CCOc1ccc(NC(=O)COc2ccc(N3C[C@@H](C(=O)NCCCN4CCOCC4)CC3=O)cc2)cc1. The van der Waals surface area contributed by atoms with E-state index in [1.807, 2.05) is 6.92 Å². The van der Waals surface area contributed by atoms with Crippen molar-refractivity contribution in [1.82, 2.24) is 10.2 Å². The van der Waals surface area contributed by atoms with Gasteiger partial charge in [-0.1, -0.05) is 0 Å². The first-order chi connectivity index (χ1) is 18.5. The molecule has 0 aliphatic carbocycles. The number of carbonyl (C=O) groups is 3. The van der Waals surface area contributed by atoms with Crippen LogP contribution in [0.5, 0.6) is 11.5 Å². The smallest absolute Gasteiger partial charge is 0.262 e. The highest BCUT2D eigenvalue weighted by Gasteiger charge is 2.35. The van der Waals surface area contributed by atoms with E-state index in [-0.39, 0.29) is 36.7 Å². The lowest BCUT2D eigenvalue weighted by atomic mass is 10.1. The summed E-state index contributed by atoms with van der Waals surface area (Å²) in [5.41, 5.74) is 1.35. The summed E-state index contributed by atoms with van der Waals surface area (Å²) in [6.45, 7) is 7.60.